The van der Waals surface area contributed by atoms with Crippen LogP contribution in [0.25, 0.3) is 0 Å². The molecule has 6 heteroatoms. The van der Waals surface area contributed by atoms with Crippen LogP contribution in [0, 0.1) is 5.92 Å². The van der Waals surface area contributed by atoms with Gasteiger partial charge in [-0.2, -0.15) is 0 Å². The molecule has 0 saturated carbocycles. The summed E-state index contributed by atoms with van der Waals surface area (Å²) in [5.41, 5.74) is 4.86. The van der Waals surface area contributed by atoms with Crippen molar-refractivity contribution >= 4 is 17.3 Å². The highest BCUT2D eigenvalue weighted by atomic mass is 16.5. The van der Waals surface area contributed by atoms with E-state index in [0.717, 1.165) is 38.0 Å². The van der Waals surface area contributed by atoms with Gasteiger partial charge in [-0.05, 0) is 54.3 Å². The first-order valence-electron chi connectivity index (χ1n) is 12.3. The van der Waals surface area contributed by atoms with Crippen LogP contribution < -0.4 is 24.6 Å². The van der Waals surface area contributed by atoms with Gasteiger partial charge in [-0.3, -0.25) is 4.79 Å². The number of hydrogen-bond donors (Lipinski definition) is 1. The number of fused-ring (bicyclic) bond motifs is 3. The summed E-state index contributed by atoms with van der Waals surface area (Å²) < 4.78 is 10.7. The summed E-state index contributed by atoms with van der Waals surface area (Å²) in [7, 11) is 3.27. The zero-order valence-electron chi connectivity index (χ0n) is 20.4. The highest BCUT2D eigenvalue weighted by Gasteiger charge is 2.41. The first kappa shape index (κ1) is 23.1. The fraction of sp³-hybridized carbons (Fsp3) is 0.345. The number of rotatable bonds is 7. The van der Waals surface area contributed by atoms with E-state index >= 15 is 0 Å². The van der Waals surface area contributed by atoms with E-state index in [1.54, 1.807) is 14.2 Å². The van der Waals surface area contributed by atoms with Crippen LogP contribution in [0.2, 0.25) is 0 Å². The molecule has 35 heavy (non-hydrogen) atoms. The van der Waals surface area contributed by atoms with E-state index in [1.807, 2.05) is 24.3 Å². The lowest BCUT2D eigenvalue weighted by Crippen LogP contribution is -2.61. The second-order valence-corrected chi connectivity index (χ2v) is 9.21. The Kier molecular flexibility index (Phi) is 6.80. The molecule has 0 unspecified atom stereocenters. The Morgan fingerprint density at radius 2 is 1.71 bits per heavy atom. The van der Waals surface area contributed by atoms with Crippen molar-refractivity contribution < 1.29 is 14.3 Å². The lowest BCUT2D eigenvalue weighted by molar-refractivity contribution is -0.125. The van der Waals surface area contributed by atoms with Gasteiger partial charge in [0, 0.05) is 37.6 Å². The normalized spacial score (nSPS) is 18.9. The highest BCUT2D eigenvalue weighted by Crippen LogP contribution is 2.37. The quantitative estimate of drug-likeness (QED) is 0.566. The van der Waals surface area contributed by atoms with Gasteiger partial charge in [-0.15, -0.1) is 0 Å². The fourth-order valence-electron chi connectivity index (χ4n) is 5.43. The summed E-state index contributed by atoms with van der Waals surface area (Å²) in [6, 6.07) is 25.1. The van der Waals surface area contributed by atoms with Gasteiger partial charge in [-0.1, -0.05) is 42.5 Å². The van der Waals surface area contributed by atoms with Gasteiger partial charge in [0.05, 0.1) is 26.2 Å². The molecule has 0 aliphatic carbocycles. The number of methoxy groups -OCH3 is 2. The van der Waals surface area contributed by atoms with Gasteiger partial charge in [-0.25, -0.2) is 0 Å². The Morgan fingerprint density at radius 3 is 2.51 bits per heavy atom. The SMILES string of the molecule is COc1ccc(CCNC(=O)[C@H]2Cc3ccccc3N3CCN(c4ccccc4)C[C@@H]23)cc1OC. The van der Waals surface area contributed by atoms with Crippen molar-refractivity contribution in [3.63, 3.8) is 0 Å². The maximum atomic E-state index is 13.5. The van der Waals surface area contributed by atoms with Crippen LogP contribution in [0.3, 0.4) is 0 Å². The number of amides is 1. The average Bonchev–Trinajstić information content (AvgIpc) is 2.92. The molecule has 1 saturated heterocycles. The van der Waals surface area contributed by atoms with Crippen molar-refractivity contribution in [1.82, 2.24) is 5.32 Å². The molecule has 6 nitrogen and oxygen atoms in total. The zero-order chi connectivity index (χ0) is 24.2. The largest absolute Gasteiger partial charge is 0.493 e. The molecule has 2 heterocycles. The standard InChI is InChI=1S/C29H33N3O3/c1-34-27-13-12-21(18-28(27)35-2)14-15-30-29(33)24-19-22-8-6-7-11-25(22)32-17-16-31(20-26(24)32)23-9-4-3-5-10-23/h3-13,18,24,26H,14-17,19-20H2,1-2H3,(H,30,33)/t24-,26-/m0/s1. The summed E-state index contributed by atoms with van der Waals surface area (Å²) in [4.78, 5) is 18.4. The fourth-order valence-corrected chi connectivity index (χ4v) is 5.43. The molecule has 2 aliphatic heterocycles. The van der Waals surface area contributed by atoms with E-state index in [-0.39, 0.29) is 17.9 Å². The smallest absolute Gasteiger partial charge is 0.225 e. The Morgan fingerprint density at radius 1 is 0.943 bits per heavy atom. The molecule has 3 aromatic carbocycles. The van der Waals surface area contributed by atoms with Crippen LogP contribution >= 0.6 is 0 Å². The van der Waals surface area contributed by atoms with Gasteiger partial charge in [0.25, 0.3) is 0 Å². The molecule has 1 N–H and O–H groups in total. The first-order chi connectivity index (χ1) is 17.2. The van der Waals surface area contributed by atoms with E-state index in [0.29, 0.717) is 18.0 Å². The summed E-state index contributed by atoms with van der Waals surface area (Å²) in [6.07, 6.45) is 1.50. The van der Waals surface area contributed by atoms with Gasteiger partial charge in [0.15, 0.2) is 11.5 Å². The zero-order valence-corrected chi connectivity index (χ0v) is 20.4. The van der Waals surface area contributed by atoms with E-state index in [9.17, 15) is 4.79 Å². The third-order valence-electron chi connectivity index (χ3n) is 7.24. The molecule has 1 amide bonds. The highest BCUT2D eigenvalue weighted by molar-refractivity contribution is 5.82. The number of anilines is 2. The number of carbonyl (C=O) groups excluding carboxylic acids is 1. The molecule has 1 fully saturated rings. The van der Waals surface area contributed by atoms with E-state index < -0.39 is 0 Å². The number of benzene rings is 3. The van der Waals surface area contributed by atoms with Crippen molar-refractivity contribution in [1.29, 1.82) is 0 Å². The van der Waals surface area contributed by atoms with Crippen LogP contribution in [0.1, 0.15) is 11.1 Å². The van der Waals surface area contributed by atoms with Crippen molar-refractivity contribution in [3.05, 3.63) is 83.9 Å². The summed E-state index contributed by atoms with van der Waals surface area (Å²) >= 11 is 0. The van der Waals surface area contributed by atoms with E-state index in [2.05, 4.69) is 63.6 Å². The van der Waals surface area contributed by atoms with E-state index in [1.165, 1.54) is 16.9 Å². The molecular formula is C29H33N3O3. The lowest BCUT2D eigenvalue weighted by atomic mass is 9.83. The van der Waals surface area contributed by atoms with Crippen LogP contribution in [0.15, 0.2) is 72.8 Å². The number of piperazine rings is 1. The average molecular weight is 472 g/mol. The Labute approximate surface area is 207 Å². The maximum absolute atomic E-state index is 13.5. The topological polar surface area (TPSA) is 54.0 Å². The predicted molar refractivity (Wildman–Crippen MR) is 140 cm³/mol. The number of carbonyl (C=O) groups is 1. The molecule has 182 valence electrons. The summed E-state index contributed by atoms with van der Waals surface area (Å²) in [6.45, 7) is 3.28. The van der Waals surface area contributed by atoms with Gasteiger partial charge in [0.2, 0.25) is 5.91 Å². The number of ether oxygens (including phenoxy) is 2. The molecule has 0 bridgehead atoms. The molecular weight excluding hydrogens is 438 g/mol. The van der Waals surface area contributed by atoms with Crippen molar-refractivity contribution in [2.75, 3.05) is 50.2 Å². The number of hydrogen-bond acceptors (Lipinski definition) is 5. The molecule has 0 spiro atoms. The van der Waals surface area contributed by atoms with Gasteiger partial charge in [0.1, 0.15) is 0 Å². The maximum Gasteiger partial charge on any atom is 0.225 e. The minimum absolute atomic E-state index is 0.0955. The second kappa shape index (κ2) is 10.3. The molecule has 2 aliphatic rings. The van der Waals surface area contributed by atoms with Crippen LogP contribution in [-0.4, -0.2) is 52.3 Å². The number of para-hydroxylation sites is 2. The molecule has 5 rings (SSSR count). The lowest BCUT2D eigenvalue weighted by Gasteiger charge is -2.49. The van der Waals surface area contributed by atoms with Gasteiger partial charge >= 0.3 is 0 Å². The third kappa shape index (κ3) is 4.78. The van der Waals surface area contributed by atoms with Crippen molar-refractivity contribution in [2.45, 2.75) is 18.9 Å². The third-order valence-corrected chi connectivity index (χ3v) is 7.24. The van der Waals surface area contributed by atoms with Crippen LogP contribution in [0.4, 0.5) is 11.4 Å². The van der Waals surface area contributed by atoms with E-state index in [4.69, 9.17) is 9.47 Å². The number of nitrogens with zero attached hydrogens (tertiary/aromatic N) is 2. The van der Waals surface area contributed by atoms with Crippen molar-refractivity contribution in [3.8, 4) is 11.5 Å². The Balaban J connectivity index is 1.30. The first-order valence-corrected chi connectivity index (χ1v) is 12.3. The summed E-state index contributed by atoms with van der Waals surface area (Å²) in [5, 5.41) is 3.23. The van der Waals surface area contributed by atoms with Gasteiger partial charge < -0.3 is 24.6 Å². The Hall–Kier alpha value is -3.67. The Bertz CT molecular complexity index is 1170. The van der Waals surface area contributed by atoms with Crippen LogP contribution in [0.5, 0.6) is 11.5 Å². The minimum atomic E-state index is -0.0955. The molecule has 0 radical (unpaired) electrons. The molecule has 0 aromatic heterocycles. The monoisotopic (exact) mass is 471 g/mol. The number of nitrogens with one attached hydrogen (secondary N) is 1. The molecule has 2 atom stereocenters. The second-order valence-electron chi connectivity index (χ2n) is 9.21. The molecule has 3 aromatic rings. The van der Waals surface area contributed by atoms with Crippen LogP contribution in [-0.2, 0) is 17.6 Å². The summed E-state index contributed by atoms with van der Waals surface area (Å²) in [5.74, 6) is 1.45. The minimum Gasteiger partial charge on any atom is -0.493 e. The van der Waals surface area contributed by atoms with Crippen molar-refractivity contribution in [2.24, 2.45) is 5.92 Å². The predicted octanol–water partition coefficient (Wildman–Crippen LogP) is 3.93.